The third-order valence-corrected chi connectivity index (χ3v) is 3.32. The fourth-order valence-corrected chi connectivity index (χ4v) is 2.29. The zero-order chi connectivity index (χ0) is 15.2. The van der Waals surface area contributed by atoms with Crippen LogP contribution in [0.5, 0.6) is 17.2 Å². The van der Waals surface area contributed by atoms with Crippen LogP contribution in [0.2, 0.25) is 5.02 Å². The highest BCUT2D eigenvalue weighted by atomic mass is 35.5. The number of nitrogens with two attached hydrogens (primary N) is 1. The second kappa shape index (κ2) is 7.20. The van der Waals surface area contributed by atoms with E-state index in [-0.39, 0.29) is 0 Å². The predicted molar refractivity (Wildman–Crippen MR) is 83.2 cm³/mol. The highest BCUT2D eigenvalue weighted by Gasteiger charge is 2.13. The van der Waals surface area contributed by atoms with Crippen molar-refractivity contribution in [1.82, 2.24) is 0 Å². The average molecular weight is 308 g/mol. The standard InChI is InChI=1S/C16H18ClNO3/c1-19-14-6-4-3-5-11(14)10-21-16-12(9-18)7-13(17)8-15(16)20-2/h3-8H,9-10,18H2,1-2H3. The van der Waals surface area contributed by atoms with Crippen LogP contribution in [0.4, 0.5) is 0 Å². The molecule has 0 aliphatic heterocycles. The Balaban J connectivity index is 2.27. The first-order chi connectivity index (χ1) is 10.2. The van der Waals surface area contributed by atoms with Gasteiger partial charge in [-0.2, -0.15) is 0 Å². The van der Waals surface area contributed by atoms with Gasteiger partial charge in [0, 0.05) is 28.8 Å². The Labute approximate surface area is 129 Å². The van der Waals surface area contributed by atoms with E-state index in [9.17, 15) is 0 Å². The summed E-state index contributed by atoms with van der Waals surface area (Å²) < 4.78 is 16.5. The molecule has 21 heavy (non-hydrogen) atoms. The quantitative estimate of drug-likeness (QED) is 0.888. The molecule has 112 valence electrons. The number of benzene rings is 2. The zero-order valence-corrected chi connectivity index (χ0v) is 12.8. The number of para-hydroxylation sites is 1. The summed E-state index contributed by atoms with van der Waals surface area (Å²) >= 11 is 6.03. The Bertz CT molecular complexity index is 591. The van der Waals surface area contributed by atoms with Crippen molar-refractivity contribution in [1.29, 1.82) is 0 Å². The number of halogens is 1. The third kappa shape index (κ3) is 3.60. The molecule has 4 nitrogen and oxygen atoms in total. The van der Waals surface area contributed by atoms with Gasteiger partial charge in [0.15, 0.2) is 11.5 Å². The Kier molecular flexibility index (Phi) is 5.31. The van der Waals surface area contributed by atoms with E-state index < -0.39 is 0 Å². The van der Waals surface area contributed by atoms with Gasteiger partial charge in [0.25, 0.3) is 0 Å². The molecular formula is C16H18ClNO3. The molecule has 0 unspecified atom stereocenters. The van der Waals surface area contributed by atoms with Gasteiger partial charge >= 0.3 is 0 Å². The van der Waals surface area contributed by atoms with Crippen LogP contribution in [0.1, 0.15) is 11.1 Å². The van der Waals surface area contributed by atoms with E-state index in [0.29, 0.717) is 29.7 Å². The van der Waals surface area contributed by atoms with Gasteiger partial charge in [-0.05, 0) is 12.1 Å². The molecule has 2 N–H and O–H groups in total. The maximum absolute atomic E-state index is 6.03. The van der Waals surface area contributed by atoms with E-state index in [1.165, 1.54) is 0 Å². The summed E-state index contributed by atoms with van der Waals surface area (Å²) in [5.74, 6) is 1.95. The van der Waals surface area contributed by atoms with Gasteiger partial charge in [0.1, 0.15) is 12.4 Å². The maximum atomic E-state index is 6.03. The molecule has 2 rings (SSSR count). The molecule has 0 aliphatic rings. The molecular weight excluding hydrogens is 290 g/mol. The molecule has 0 atom stereocenters. The fraction of sp³-hybridized carbons (Fsp3) is 0.250. The molecule has 0 heterocycles. The van der Waals surface area contributed by atoms with Crippen molar-refractivity contribution in [2.75, 3.05) is 14.2 Å². The van der Waals surface area contributed by atoms with Crippen LogP contribution in [-0.4, -0.2) is 14.2 Å². The lowest BCUT2D eigenvalue weighted by molar-refractivity contribution is 0.275. The van der Waals surface area contributed by atoms with Gasteiger partial charge in [-0.3, -0.25) is 0 Å². The van der Waals surface area contributed by atoms with Crippen molar-refractivity contribution in [3.63, 3.8) is 0 Å². The van der Waals surface area contributed by atoms with Crippen molar-refractivity contribution >= 4 is 11.6 Å². The molecule has 0 aliphatic carbocycles. The number of methoxy groups -OCH3 is 2. The van der Waals surface area contributed by atoms with Gasteiger partial charge in [0.2, 0.25) is 0 Å². The first-order valence-corrected chi connectivity index (χ1v) is 6.88. The topological polar surface area (TPSA) is 53.7 Å². The summed E-state index contributed by atoms with van der Waals surface area (Å²) in [5, 5.41) is 0.567. The number of rotatable bonds is 6. The lowest BCUT2D eigenvalue weighted by Crippen LogP contribution is -2.05. The van der Waals surface area contributed by atoms with Crippen molar-refractivity contribution < 1.29 is 14.2 Å². The Morgan fingerprint density at radius 3 is 2.38 bits per heavy atom. The normalized spacial score (nSPS) is 10.3. The van der Waals surface area contributed by atoms with Crippen LogP contribution in [0.3, 0.4) is 0 Å². The van der Waals surface area contributed by atoms with E-state index in [0.717, 1.165) is 16.9 Å². The fourth-order valence-electron chi connectivity index (χ4n) is 2.06. The predicted octanol–water partition coefficient (Wildman–Crippen LogP) is 3.39. The average Bonchev–Trinajstić information content (AvgIpc) is 2.52. The smallest absolute Gasteiger partial charge is 0.166 e. The summed E-state index contributed by atoms with van der Waals surface area (Å²) in [6, 6.07) is 11.2. The van der Waals surface area contributed by atoms with Crippen LogP contribution >= 0.6 is 11.6 Å². The Morgan fingerprint density at radius 1 is 1.00 bits per heavy atom. The molecule has 0 saturated carbocycles. The van der Waals surface area contributed by atoms with Gasteiger partial charge in [0.05, 0.1) is 14.2 Å². The molecule has 0 aromatic heterocycles. The van der Waals surface area contributed by atoms with Gasteiger partial charge < -0.3 is 19.9 Å². The molecule has 0 amide bonds. The first-order valence-electron chi connectivity index (χ1n) is 6.50. The zero-order valence-electron chi connectivity index (χ0n) is 12.1. The van der Waals surface area contributed by atoms with Crippen molar-refractivity contribution in [2.45, 2.75) is 13.2 Å². The summed E-state index contributed by atoms with van der Waals surface area (Å²) in [4.78, 5) is 0. The lowest BCUT2D eigenvalue weighted by atomic mass is 10.1. The van der Waals surface area contributed by atoms with Crippen LogP contribution in [0, 0.1) is 0 Å². The van der Waals surface area contributed by atoms with Gasteiger partial charge in [-0.25, -0.2) is 0 Å². The minimum Gasteiger partial charge on any atom is -0.496 e. The largest absolute Gasteiger partial charge is 0.496 e. The summed E-state index contributed by atoms with van der Waals surface area (Å²) in [6.07, 6.45) is 0. The molecule has 2 aromatic carbocycles. The third-order valence-electron chi connectivity index (χ3n) is 3.10. The summed E-state index contributed by atoms with van der Waals surface area (Å²) in [7, 11) is 3.20. The number of ether oxygens (including phenoxy) is 3. The van der Waals surface area contributed by atoms with E-state index in [4.69, 9.17) is 31.5 Å². The maximum Gasteiger partial charge on any atom is 0.166 e. The monoisotopic (exact) mass is 307 g/mol. The van der Waals surface area contributed by atoms with Crippen LogP contribution in [0.15, 0.2) is 36.4 Å². The second-order valence-electron chi connectivity index (χ2n) is 4.40. The molecule has 0 bridgehead atoms. The van der Waals surface area contributed by atoms with Gasteiger partial charge in [-0.15, -0.1) is 0 Å². The molecule has 0 saturated heterocycles. The molecule has 0 spiro atoms. The lowest BCUT2D eigenvalue weighted by Gasteiger charge is -2.16. The van der Waals surface area contributed by atoms with Crippen LogP contribution < -0.4 is 19.9 Å². The Morgan fingerprint density at radius 2 is 1.71 bits per heavy atom. The van der Waals surface area contributed by atoms with Crippen LogP contribution in [-0.2, 0) is 13.2 Å². The minimum absolute atomic E-state index is 0.318. The minimum atomic E-state index is 0.318. The summed E-state index contributed by atoms with van der Waals surface area (Å²) in [6.45, 7) is 0.674. The van der Waals surface area contributed by atoms with Gasteiger partial charge in [-0.1, -0.05) is 29.8 Å². The van der Waals surface area contributed by atoms with E-state index in [1.54, 1.807) is 26.4 Å². The van der Waals surface area contributed by atoms with E-state index in [2.05, 4.69) is 0 Å². The Hall–Kier alpha value is -1.91. The van der Waals surface area contributed by atoms with Crippen LogP contribution in [0.25, 0.3) is 0 Å². The van der Waals surface area contributed by atoms with E-state index in [1.807, 2.05) is 24.3 Å². The number of hydrogen-bond donors (Lipinski definition) is 1. The molecule has 2 aromatic rings. The van der Waals surface area contributed by atoms with Crippen molar-refractivity contribution in [3.8, 4) is 17.2 Å². The second-order valence-corrected chi connectivity index (χ2v) is 4.84. The van der Waals surface area contributed by atoms with Crippen molar-refractivity contribution in [3.05, 3.63) is 52.5 Å². The molecule has 0 fully saturated rings. The highest BCUT2D eigenvalue weighted by Crippen LogP contribution is 2.35. The number of hydrogen-bond acceptors (Lipinski definition) is 4. The SMILES string of the molecule is COc1ccccc1COc1c(CN)cc(Cl)cc1OC. The molecule has 0 radical (unpaired) electrons. The van der Waals surface area contributed by atoms with E-state index >= 15 is 0 Å². The highest BCUT2D eigenvalue weighted by molar-refractivity contribution is 6.30. The van der Waals surface area contributed by atoms with Crippen molar-refractivity contribution in [2.24, 2.45) is 5.73 Å². The summed E-state index contributed by atoms with van der Waals surface area (Å²) in [5.41, 5.74) is 7.49. The first kappa shape index (κ1) is 15.5. The molecule has 5 heteroatoms.